The standard InChI is InChI=1S/C11H14BrFN6/c12-8-9(14)19-10(7(13)6-16-19)17-11(8)18-4-1-2-15-3-5-18/h6,15H,1-5,14H2. The summed E-state index contributed by atoms with van der Waals surface area (Å²) < 4.78 is 15.6. The summed E-state index contributed by atoms with van der Waals surface area (Å²) in [5.41, 5.74) is 6.14. The number of rotatable bonds is 1. The van der Waals surface area contributed by atoms with Gasteiger partial charge in [-0.1, -0.05) is 0 Å². The van der Waals surface area contributed by atoms with E-state index in [9.17, 15) is 4.39 Å². The number of halogens is 2. The minimum absolute atomic E-state index is 0.160. The molecule has 1 aliphatic rings. The van der Waals surface area contributed by atoms with Crippen LogP contribution in [-0.4, -0.2) is 40.8 Å². The first kappa shape index (κ1) is 12.6. The fraction of sp³-hybridized carbons (Fsp3) is 0.455. The third kappa shape index (κ3) is 2.14. The van der Waals surface area contributed by atoms with Crippen molar-refractivity contribution in [3.05, 3.63) is 16.5 Å². The predicted octanol–water partition coefficient (Wildman–Crippen LogP) is 1.01. The Morgan fingerprint density at radius 3 is 3.05 bits per heavy atom. The van der Waals surface area contributed by atoms with E-state index in [1.165, 1.54) is 4.52 Å². The third-order valence-electron chi connectivity index (χ3n) is 3.20. The quantitative estimate of drug-likeness (QED) is 0.817. The van der Waals surface area contributed by atoms with Crippen LogP contribution in [0.15, 0.2) is 10.7 Å². The van der Waals surface area contributed by atoms with Crippen molar-refractivity contribution in [3.8, 4) is 0 Å². The lowest BCUT2D eigenvalue weighted by Crippen LogP contribution is -2.29. The van der Waals surface area contributed by atoms with Gasteiger partial charge in [0, 0.05) is 19.6 Å². The number of hydrogen-bond acceptors (Lipinski definition) is 5. The molecule has 3 N–H and O–H groups in total. The predicted molar refractivity (Wildman–Crippen MR) is 74.8 cm³/mol. The summed E-state index contributed by atoms with van der Waals surface area (Å²) in [7, 11) is 0. The molecule has 1 saturated heterocycles. The van der Waals surface area contributed by atoms with Gasteiger partial charge < -0.3 is 16.0 Å². The number of anilines is 2. The van der Waals surface area contributed by atoms with Crippen molar-refractivity contribution in [2.24, 2.45) is 0 Å². The lowest BCUT2D eigenvalue weighted by atomic mass is 10.3. The maximum Gasteiger partial charge on any atom is 0.195 e. The van der Waals surface area contributed by atoms with Gasteiger partial charge in [0.25, 0.3) is 0 Å². The van der Waals surface area contributed by atoms with Crippen molar-refractivity contribution in [2.75, 3.05) is 36.8 Å². The van der Waals surface area contributed by atoms with Gasteiger partial charge in [0.2, 0.25) is 0 Å². The molecule has 0 aliphatic carbocycles. The maximum atomic E-state index is 13.6. The monoisotopic (exact) mass is 328 g/mol. The number of fused-ring (bicyclic) bond motifs is 1. The average Bonchev–Trinajstić information content (AvgIpc) is 2.64. The van der Waals surface area contributed by atoms with Crippen LogP contribution in [0, 0.1) is 5.82 Å². The van der Waals surface area contributed by atoms with Crippen LogP contribution < -0.4 is 16.0 Å². The summed E-state index contributed by atoms with van der Waals surface area (Å²) in [5.74, 6) is 0.572. The molecule has 6 nitrogen and oxygen atoms in total. The number of aromatic nitrogens is 3. The van der Waals surface area contributed by atoms with Crippen LogP contribution >= 0.6 is 15.9 Å². The zero-order valence-corrected chi connectivity index (χ0v) is 11.8. The van der Waals surface area contributed by atoms with Gasteiger partial charge in [-0.15, -0.1) is 0 Å². The maximum absolute atomic E-state index is 13.6. The van der Waals surface area contributed by atoms with Gasteiger partial charge in [0.1, 0.15) is 16.1 Å². The molecule has 3 heterocycles. The molecule has 3 rings (SSSR count). The molecule has 0 unspecified atom stereocenters. The van der Waals surface area contributed by atoms with Gasteiger partial charge in [-0.3, -0.25) is 0 Å². The van der Waals surface area contributed by atoms with E-state index < -0.39 is 5.82 Å². The second kappa shape index (κ2) is 4.93. The number of nitrogens with two attached hydrogens (primary N) is 1. The number of nitrogens with one attached hydrogen (secondary N) is 1. The molecule has 102 valence electrons. The fourth-order valence-electron chi connectivity index (χ4n) is 2.22. The smallest absolute Gasteiger partial charge is 0.195 e. The highest BCUT2D eigenvalue weighted by Gasteiger charge is 2.20. The first-order valence-corrected chi connectivity index (χ1v) is 6.91. The van der Waals surface area contributed by atoms with Gasteiger partial charge >= 0.3 is 0 Å². The molecular weight excluding hydrogens is 315 g/mol. The molecule has 19 heavy (non-hydrogen) atoms. The van der Waals surface area contributed by atoms with Crippen LogP contribution in [0.1, 0.15) is 6.42 Å². The molecule has 2 aromatic heterocycles. The average molecular weight is 329 g/mol. The van der Waals surface area contributed by atoms with E-state index in [1.807, 2.05) is 0 Å². The van der Waals surface area contributed by atoms with Gasteiger partial charge in [-0.25, -0.2) is 9.37 Å². The molecular formula is C11H14BrFN6. The highest BCUT2D eigenvalue weighted by molar-refractivity contribution is 9.10. The van der Waals surface area contributed by atoms with Crippen LogP contribution in [0.25, 0.3) is 5.65 Å². The molecule has 0 saturated carbocycles. The Kier molecular flexibility index (Phi) is 3.28. The molecule has 1 fully saturated rings. The van der Waals surface area contributed by atoms with E-state index in [-0.39, 0.29) is 5.65 Å². The van der Waals surface area contributed by atoms with Gasteiger partial charge in [0.15, 0.2) is 11.5 Å². The van der Waals surface area contributed by atoms with Crippen molar-refractivity contribution in [3.63, 3.8) is 0 Å². The van der Waals surface area contributed by atoms with Crippen LogP contribution in [0.2, 0.25) is 0 Å². The van der Waals surface area contributed by atoms with E-state index in [2.05, 4.69) is 36.2 Å². The number of hydrogen-bond donors (Lipinski definition) is 2. The Hall–Kier alpha value is -1.41. The first-order chi connectivity index (χ1) is 9.18. The van der Waals surface area contributed by atoms with Crippen molar-refractivity contribution in [1.29, 1.82) is 0 Å². The van der Waals surface area contributed by atoms with Gasteiger partial charge in [-0.05, 0) is 28.9 Å². The highest BCUT2D eigenvalue weighted by atomic mass is 79.9. The summed E-state index contributed by atoms with van der Waals surface area (Å²) in [5, 5.41) is 7.19. The Morgan fingerprint density at radius 2 is 2.21 bits per heavy atom. The van der Waals surface area contributed by atoms with Crippen LogP contribution in [0.5, 0.6) is 0 Å². The van der Waals surface area contributed by atoms with Crippen molar-refractivity contribution in [2.45, 2.75) is 6.42 Å². The summed E-state index contributed by atoms with van der Waals surface area (Å²) in [6.45, 7) is 3.54. The Labute approximate surface area is 117 Å². The number of nitrogens with zero attached hydrogens (tertiary/aromatic N) is 4. The molecule has 1 aliphatic heterocycles. The van der Waals surface area contributed by atoms with Gasteiger partial charge in [-0.2, -0.15) is 9.61 Å². The van der Waals surface area contributed by atoms with E-state index in [0.29, 0.717) is 16.1 Å². The second-order valence-electron chi connectivity index (χ2n) is 4.45. The van der Waals surface area contributed by atoms with Crippen molar-refractivity contribution in [1.82, 2.24) is 19.9 Å². The molecule has 0 radical (unpaired) electrons. The van der Waals surface area contributed by atoms with E-state index in [4.69, 9.17) is 5.73 Å². The molecule has 2 aromatic rings. The topological polar surface area (TPSA) is 71.5 Å². The Balaban J connectivity index is 2.11. The minimum Gasteiger partial charge on any atom is -0.383 e. The largest absolute Gasteiger partial charge is 0.383 e. The normalized spacial score (nSPS) is 16.8. The minimum atomic E-state index is -0.464. The Morgan fingerprint density at radius 1 is 1.37 bits per heavy atom. The summed E-state index contributed by atoms with van der Waals surface area (Å²) in [6, 6.07) is 0. The van der Waals surface area contributed by atoms with Crippen LogP contribution in [-0.2, 0) is 0 Å². The van der Waals surface area contributed by atoms with Crippen LogP contribution in [0.3, 0.4) is 0 Å². The summed E-state index contributed by atoms with van der Waals surface area (Å²) in [4.78, 5) is 6.46. The van der Waals surface area contributed by atoms with Gasteiger partial charge in [0.05, 0.1) is 6.20 Å². The number of nitrogen functional groups attached to an aromatic ring is 1. The molecule has 0 amide bonds. The van der Waals surface area contributed by atoms with Crippen LogP contribution in [0.4, 0.5) is 16.0 Å². The molecule has 0 spiro atoms. The summed E-state index contributed by atoms with van der Waals surface area (Å²) >= 11 is 3.44. The van der Waals surface area contributed by atoms with E-state index in [0.717, 1.165) is 38.8 Å². The fourth-order valence-corrected chi connectivity index (χ4v) is 2.73. The molecule has 0 atom stereocenters. The van der Waals surface area contributed by atoms with E-state index >= 15 is 0 Å². The van der Waals surface area contributed by atoms with Crippen molar-refractivity contribution >= 4 is 33.2 Å². The van der Waals surface area contributed by atoms with Crippen molar-refractivity contribution < 1.29 is 4.39 Å². The third-order valence-corrected chi connectivity index (χ3v) is 3.96. The SMILES string of the molecule is Nc1c(Br)c(N2CCCNCC2)nc2c(F)cnn12. The zero-order chi connectivity index (χ0) is 13.4. The summed E-state index contributed by atoms with van der Waals surface area (Å²) in [6.07, 6.45) is 2.14. The Bertz CT molecular complexity index is 605. The lowest BCUT2D eigenvalue weighted by Gasteiger charge is -2.23. The molecule has 0 bridgehead atoms. The highest BCUT2D eigenvalue weighted by Crippen LogP contribution is 2.31. The molecule has 8 heteroatoms. The van der Waals surface area contributed by atoms with E-state index in [1.54, 1.807) is 0 Å². The molecule has 0 aromatic carbocycles. The lowest BCUT2D eigenvalue weighted by molar-refractivity contribution is 0.635. The zero-order valence-electron chi connectivity index (χ0n) is 10.2. The second-order valence-corrected chi connectivity index (χ2v) is 5.25. The first-order valence-electron chi connectivity index (χ1n) is 6.12.